The molecule has 2 rings (SSSR count). The molecule has 1 unspecified atom stereocenters. The molecular formula is C15H22F3N3O6S. The minimum absolute atomic E-state index is 0.0183. The summed E-state index contributed by atoms with van der Waals surface area (Å²) in [6.07, 6.45) is -2.26. The molecule has 0 aliphatic carbocycles. The number of sulfone groups is 1. The first-order chi connectivity index (χ1) is 12.8. The van der Waals surface area contributed by atoms with E-state index in [1.165, 1.54) is 0 Å². The number of rotatable bonds is 5. The number of fused-ring (bicyclic) bond motifs is 1. The Morgan fingerprint density at radius 3 is 2.39 bits per heavy atom. The molecule has 1 amide bonds. The van der Waals surface area contributed by atoms with Gasteiger partial charge in [-0.1, -0.05) is 0 Å². The predicted molar refractivity (Wildman–Crippen MR) is 91.3 cm³/mol. The molecule has 0 spiro atoms. The van der Waals surface area contributed by atoms with Crippen LogP contribution in [-0.4, -0.2) is 78.5 Å². The summed E-state index contributed by atoms with van der Waals surface area (Å²) < 4.78 is 61.5. The van der Waals surface area contributed by atoms with Crippen molar-refractivity contribution in [3.05, 3.63) is 17.5 Å². The SMILES string of the molecule is CCn1ncc2c1C(COC)CN(C(=O)CS(C)(=O)=O)C2.O=C(O)C(F)(F)F. The molecule has 1 aliphatic rings. The van der Waals surface area contributed by atoms with Crippen LogP contribution in [0.25, 0.3) is 0 Å². The Hall–Kier alpha value is -2.15. The van der Waals surface area contributed by atoms with Crippen LogP contribution >= 0.6 is 0 Å². The number of halogens is 3. The van der Waals surface area contributed by atoms with E-state index in [0.29, 0.717) is 19.7 Å². The number of hydrogen-bond donors (Lipinski definition) is 1. The molecular weight excluding hydrogens is 407 g/mol. The van der Waals surface area contributed by atoms with Gasteiger partial charge in [-0.05, 0) is 6.92 Å². The first kappa shape index (κ1) is 23.9. The van der Waals surface area contributed by atoms with E-state index >= 15 is 0 Å². The fourth-order valence-corrected chi connectivity index (χ4v) is 3.37. The normalized spacial score (nSPS) is 16.8. The monoisotopic (exact) mass is 429 g/mol. The first-order valence-corrected chi connectivity index (χ1v) is 10.1. The molecule has 0 saturated carbocycles. The van der Waals surface area contributed by atoms with E-state index in [-0.39, 0.29) is 11.8 Å². The molecule has 0 bridgehead atoms. The van der Waals surface area contributed by atoms with Gasteiger partial charge in [0.15, 0.2) is 9.84 Å². The Bertz CT molecular complexity index is 806. The van der Waals surface area contributed by atoms with Gasteiger partial charge in [-0.2, -0.15) is 18.3 Å². The van der Waals surface area contributed by atoms with Gasteiger partial charge in [0.2, 0.25) is 5.91 Å². The zero-order valence-corrected chi connectivity index (χ0v) is 16.4. The Balaban J connectivity index is 0.000000480. The second-order valence-electron chi connectivity index (χ2n) is 6.17. The van der Waals surface area contributed by atoms with Crippen molar-refractivity contribution < 1.29 is 41.0 Å². The quantitative estimate of drug-likeness (QED) is 0.730. The Kier molecular flexibility index (Phi) is 7.99. The first-order valence-electron chi connectivity index (χ1n) is 8.09. The topological polar surface area (TPSA) is 119 Å². The van der Waals surface area contributed by atoms with Crippen LogP contribution in [-0.2, 0) is 37.3 Å². The summed E-state index contributed by atoms with van der Waals surface area (Å²) >= 11 is 0. The van der Waals surface area contributed by atoms with Crippen LogP contribution in [0, 0.1) is 0 Å². The molecule has 2 heterocycles. The van der Waals surface area contributed by atoms with Crippen LogP contribution < -0.4 is 0 Å². The van der Waals surface area contributed by atoms with Crippen LogP contribution in [0.3, 0.4) is 0 Å². The molecule has 0 fully saturated rings. The highest BCUT2D eigenvalue weighted by molar-refractivity contribution is 7.91. The molecule has 1 aromatic heterocycles. The Morgan fingerprint density at radius 2 is 1.96 bits per heavy atom. The van der Waals surface area contributed by atoms with Crippen molar-refractivity contribution in [2.24, 2.45) is 0 Å². The van der Waals surface area contributed by atoms with Gasteiger partial charge >= 0.3 is 12.1 Å². The lowest BCUT2D eigenvalue weighted by Crippen LogP contribution is -2.42. The number of carbonyl (C=O) groups is 2. The molecule has 1 atom stereocenters. The van der Waals surface area contributed by atoms with Gasteiger partial charge in [0.1, 0.15) is 5.75 Å². The Morgan fingerprint density at radius 1 is 1.39 bits per heavy atom. The summed E-state index contributed by atoms with van der Waals surface area (Å²) in [5, 5.41) is 11.4. The number of alkyl halides is 3. The van der Waals surface area contributed by atoms with E-state index in [1.807, 2.05) is 11.6 Å². The van der Waals surface area contributed by atoms with Gasteiger partial charge in [-0.25, -0.2) is 13.2 Å². The van der Waals surface area contributed by atoms with Gasteiger partial charge in [-0.15, -0.1) is 0 Å². The summed E-state index contributed by atoms with van der Waals surface area (Å²) in [6.45, 7) is 4.11. The van der Waals surface area contributed by atoms with Crippen molar-refractivity contribution >= 4 is 21.7 Å². The molecule has 1 aromatic rings. The molecule has 0 saturated heterocycles. The second-order valence-corrected chi connectivity index (χ2v) is 8.31. The number of nitrogens with zero attached hydrogens (tertiary/aromatic N) is 3. The highest BCUT2D eigenvalue weighted by Crippen LogP contribution is 2.28. The van der Waals surface area contributed by atoms with Crippen molar-refractivity contribution in [1.29, 1.82) is 0 Å². The van der Waals surface area contributed by atoms with E-state index in [4.69, 9.17) is 14.6 Å². The third-order valence-electron chi connectivity index (χ3n) is 3.80. The minimum atomic E-state index is -5.08. The molecule has 9 nitrogen and oxygen atoms in total. The van der Waals surface area contributed by atoms with E-state index < -0.39 is 27.7 Å². The molecule has 1 aliphatic heterocycles. The Labute approximate surface area is 160 Å². The number of aryl methyl sites for hydroxylation is 1. The van der Waals surface area contributed by atoms with Crippen LogP contribution in [0.1, 0.15) is 24.1 Å². The van der Waals surface area contributed by atoms with Crippen LogP contribution in [0.15, 0.2) is 6.20 Å². The second kappa shape index (κ2) is 9.37. The molecule has 160 valence electrons. The number of carboxylic acid groups (broad SMARTS) is 1. The smallest absolute Gasteiger partial charge is 0.475 e. The predicted octanol–water partition coefficient (Wildman–Crippen LogP) is 0.653. The van der Waals surface area contributed by atoms with Crippen LogP contribution in [0.5, 0.6) is 0 Å². The molecule has 13 heteroatoms. The summed E-state index contributed by atoms with van der Waals surface area (Å²) in [5.41, 5.74) is 2.05. The maximum Gasteiger partial charge on any atom is 0.490 e. The maximum absolute atomic E-state index is 12.1. The maximum atomic E-state index is 12.1. The molecule has 1 N–H and O–H groups in total. The van der Waals surface area contributed by atoms with E-state index in [9.17, 15) is 26.4 Å². The zero-order chi connectivity index (χ0) is 21.7. The van der Waals surface area contributed by atoms with Crippen molar-refractivity contribution in [3.8, 4) is 0 Å². The standard InChI is InChI=1S/C13H21N3O4S.C2HF3O2/c1-4-16-13-10(5-14-16)6-15(7-11(13)8-20-2)12(17)9-21(3,18)19;3-2(4,5)1(6)7/h5,11H,4,6-9H2,1-3H3;(H,6,7). The molecule has 0 aromatic carbocycles. The lowest BCUT2D eigenvalue weighted by atomic mass is 9.97. The highest BCUT2D eigenvalue weighted by atomic mass is 32.2. The number of aliphatic carboxylic acids is 1. The lowest BCUT2D eigenvalue weighted by Gasteiger charge is -2.33. The van der Waals surface area contributed by atoms with Crippen molar-refractivity contribution in [3.63, 3.8) is 0 Å². The fourth-order valence-electron chi connectivity index (χ4n) is 2.74. The van der Waals surface area contributed by atoms with Gasteiger partial charge in [0, 0.05) is 44.5 Å². The van der Waals surface area contributed by atoms with E-state index in [1.54, 1.807) is 18.2 Å². The largest absolute Gasteiger partial charge is 0.490 e. The summed E-state index contributed by atoms with van der Waals surface area (Å²) in [4.78, 5) is 22.6. The minimum Gasteiger partial charge on any atom is -0.475 e. The number of ether oxygens (including phenoxy) is 1. The average molecular weight is 429 g/mol. The summed E-state index contributed by atoms with van der Waals surface area (Å²) in [5.74, 6) is -3.56. The lowest BCUT2D eigenvalue weighted by molar-refractivity contribution is -0.192. The van der Waals surface area contributed by atoms with E-state index in [2.05, 4.69) is 5.10 Å². The van der Waals surface area contributed by atoms with Crippen molar-refractivity contribution in [2.45, 2.75) is 32.1 Å². The highest BCUT2D eigenvalue weighted by Gasteiger charge is 2.38. The van der Waals surface area contributed by atoms with Gasteiger partial charge in [0.05, 0.1) is 18.5 Å². The number of carboxylic acids is 1. The number of carbonyl (C=O) groups excluding carboxylic acids is 1. The third kappa shape index (κ3) is 6.78. The van der Waals surface area contributed by atoms with Gasteiger partial charge < -0.3 is 14.7 Å². The number of amides is 1. The van der Waals surface area contributed by atoms with Crippen molar-refractivity contribution in [2.75, 3.05) is 32.3 Å². The number of methoxy groups -OCH3 is 1. The van der Waals surface area contributed by atoms with Crippen LogP contribution in [0.2, 0.25) is 0 Å². The number of hydrogen-bond acceptors (Lipinski definition) is 6. The number of aromatic nitrogens is 2. The molecule has 0 radical (unpaired) electrons. The summed E-state index contributed by atoms with van der Waals surface area (Å²) in [6, 6.07) is 0. The van der Waals surface area contributed by atoms with Crippen molar-refractivity contribution in [1.82, 2.24) is 14.7 Å². The fraction of sp³-hybridized carbons (Fsp3) is 0.667. The zero-order valence-electron chi connectivity index (χ0n) is 15.6. The van der Waals surface area contributed by atoms with Gasteiger partial charge in [0.25, 0.3) is 0 Å². The van der Waals surface area contributed by atoms with E-state index in [0.717, 1.165) is 24.1 Å². The molecule has 28 heavy (non-hydrogen) atoms. The van der Waals surface area contributed by atoms with Gasteiger partial charge in [-0.3, -0.25) is 9.48 Å². The average Bonchev–Trinajstić information content (AvgIpc) is 2.96. The third-order valence-corrected chi connectivity index (χ3v) is 4.57. The summed E-state index contributed by atoms with van der Waals surface area (Å²) in [7, 11) is -1.71. The van der Waals surface area contributed by atoms with Crippen LogP contribution in [0.4, 0.5) is 13.2 Å².